The smallest absolute Gasteiger partial charge is 0.352 e. The monoisotopic (exact) mass is 323 g/mol. The van der Waals surface area contributed by atoms with Crippen molar-refractivity contribution in [1.29, 1.82) is 0 Å². The predicted octanol–water partition coefficient (Wildman–Crippen LogP) is 2.93. The van der Waals surface area contributed by atoms with Gasteiger partial charge in [0.05, 0.1) is 6.42 Å². The highest BCUT2D eigenvalue weighted by molar-refractivity contribution is 5.78. The van der Waals surface area contributed by atoms with E-state index in [0.29, 0.717) is 18.8 Å². The zero-order valence-electron chi connectivity index (χ0n) is 12.3. The van der Waals surface area contributed by atoms with Crippen molar-refractivity contribution in [3.63, 3.8) is 0 Å². The number of nitrogens with zero attached hydrogens (tertiary/aromatic N) is 2. The fourth-order valence-corrected chi connectivity index (χ4v) is 2.77. The van der Waals surface area contributed by atoms with E-state index in [1.807, 2.05) is 10.8 Å². The van der Waals surface area contributed by atoms with E-state index in [9.17, 15) is 18.0 Å². The summed E-state index contributed by atoms with van der Waals surface area (Å²) in [6.45, 7) is 0.603. The van der Waals surface area contributed by atoms with Crippen LogP contribution < -0.4 is 5.32 Å². The van der Waals surface area contributed by atoms with Gasteiger partial charge in [0.2, 0.25) is 5.91 Å². The van der Waals surface area contributed by atoms with Crippen molar-refractivity contribution in [3.8, 4) is 11.4 Å². The molecule has 0 aliphatic carbocycles. The Balaban J connectivity index is 1.74. The van der Waals surface area contributed by atoms with Gasteiger partial charge in [-0.2, -0.15) is 13.2 Å². The van der Waals surface area contributed by atoms with Crippen molar-refractivity contribution < 1.29 is 18.0 Å². The Morgan fingerprint density at radius 1 is 1.26 bits per heavy atom. The van der Waals surface area contributed by atoms with Gasteiger partial charge in [0.25, 0.3) is 0 Å². The van der Waals surface area contributed by atoms with Gasteiger partial charge in [-0.15, -0.1) is 0 Å². The van der Waals surface area contributed by atoms with Crippen molar-refractivity contribution in [3.05, 3.63) is 42.2 Å². The second kappa shape index (κ2) is 6.06. The first kappa shape index (κ1) is 15.6. The molecule has 0 radical (unpaired) electrons. The molecular weight excluding hydrogens is 307 g/mol. The first-order valence-corrected chi connectivity index (χ1v) is 7.37. The fraction of sp³-hybridized carbons (Fsp3) is 0.375. The fourth-order valence-electron chi connectivity index (χ4n) is 2.77. The molecule has 122 valence electrons. The van der Waals surface area contributed by atoms with Gasteiger partial charge in [-0.1, -0.05) is 24.3 Å². The van der Waals surface area contributed by atoms with Gasteiger partial charge in [0, 0.05) is 37.0 Å². The molecule has 1 aromatic carbocycles. The first-order chi connectivity index (χ1) is 10.9. The van der Waals surface area contributed by atoms with Crippen LogP contribution in [0, 0.1) is 0 Å². The molecule has 1 fully saturated rings. The highest BCUT2D eigenvalue weighted by atomic mass is 19.4. The Morgan fingerprint density at radius 3 is 2.61 bits per heavy atom. The number of hydrogen-bond acceptors (Lipinski definition) is 2. The molecule has 2 aromatic rings. The van der Waals surface area contributed by atoms with Crippen LogP contribution >= 0.6 is 0 Å². The normalized spacial score (nSPS) is 18.2. The number of hydrogen-bond donors (Lipinski definition) is 1. The molecule has 0 bridgehead atoms. The Labute approximate surface area is 131 Å². The summed E-state index contributed by atoms with van der Waals surface area (Å²) < 4.78 is 39.1. The lowest BCUT2D eigenvalue weighted by atomic mass is 10.1. The molecule has 1 unspecified atom stereocenters. The number of benzene rings is 1. The van der Waals surface area contributed by atoms with Gasteiger partial charge < -0.3 is 9.88 Å². The van der Waals surface area contributed by atoms with E-state index in [1.54, 1.807) is 18.3 Å². The van der Waals surface area contributed by atoms with Crippen LogP contribution in [0.1, 0.15) is 18.4 Å². The zero-order valence-corrected chi connectivity index (χ0v) is 12.3. The van der Waals surface area contributed by atoms with Crippen LogP contribution in [-0.4, -0.2) is 27.7 Å². The van der Waals surface area contributed by atoms with E-state index >= 15 is 0 Å². The highest BCUT2D eigenvalue weighted by Gasteiger charge is 2.27. The Hall–Kier alpha value is -2.31. The minimum Gasteiger partial charge on any atom is -0.352 e. The molecule has 1 amide bonds. The summed E-state index contributed by atoms with van der Waals surface area (Å²) in [5.74, 6) is 0.734. The summed E-state index contributed by atoms with van der Waals surface area (Å²) in [5, 5.41) is 2.89. The number of carbonyl (C=O) groups is 1. The van der Waals surface area contributed by atoms with E-state index in [0.717, 1.165) is 12.0 Å². The summed E-state index contributed by atoms with van der Waals surface area (Å²) in [4.78, 5) is 15.5. The maximum absolute atomic E-state index is 12.4. The standard InChI is InChI=1S/C16H16F3N3O/c17-16(18,19)9-11-1-3-12(4-2-11)15-20-7-8-22(15)10-13-5-6-14(23)21-13/h1-4,7-8,13H,5-6,9-10H2,(H,21,23). The third kappa shape index (κ3) is 3.91. The summed E-state index contributed by atoms with van der Waals surface area (Å²) in [5.41, 5.74) is 0.979. The molecule has 1 atom stereocenters. The Morgan fingerprint density at radius 2 is 2.00 bits per heavy atom. The molecule has 1 aliphatic rings. The lowest BCUT2D eigenvalue weighted by Crippen LogP contribution is -2.29. The molecule has 1 aromatic heterocycles. The van der Waals surface area contributed by atoms with E-state index in [1.165, 1.54) is 12.1 Å². The van der Waals surface area contributed by atoms with Gasteiger partial charge >= 0.3 is 6.18 Å². The highest BCUT2D eigenvalue weighted by Crippen LogP contribution is 2.24. The summed E-state index contributed by atoms with van der Waals surface area (Å²) in [6, 6.07) is 6.30. The molecule has 2 heterocycles. The molecule has 23 heavy (non-hydrogen) atoms. The Bertz CT molecular complexity index is 691. The van der Waals surface area contributed by atoms with Gasteiger partial charge in [0.15, 0.2) is 0 Å². The van der Waals surface area contributed by atoms with Gasteiger partial charge in [-0.05, 0) is 12.0 Å². The molecular formula is C16H16F3N3O. The van der Waals surface area contributed by atoms with Crippen molar-refractivity contribution in [2.24, 2.45) is 0 Å². The van der Waals surface area contributed by atoms with Crippen LogP contribution in [0.4, 0.5) is 13.2 Å². The number of aromatic nitrogens is 2. The van der Waals surface area contributed by atoms with Crippen LogP contribution in [-0.2, 0) is 17.8 Å². The number of halogens is 3. The van der Waals surface area contributed by atoms with Crippen LogP contribution in [0.2, 0.25) is 0 Å². The van der Waals surface area contributed by atoms with Crippen LogP contribution in [0.15, 0.2) is 36.7 Å². The van der Waals surface area contributed by atoms with Crippen molar-refractivity contribution in [1.82, 2.24) is 14.9 Å². The van der Waals surface area contributed by atoms with Gasteiger partial charge in [0.1, 0.15) is 5.82 Å². The maximum Gasteiger partial charge on any atom is 0.393 e. The SMILES string of the molecule is O=C1CCC(Cn2ccnc2-c2ccc(CC(F)(F)F)cc2)N1. The molecule has 7 heteroatoms. The van der Waals surface area contributed by atoms with E-state index in [4.69, 9.17) is 0 Å². The molecule has 3 rings (SSSR count). The maximum atomic E-state index is 12.4. The van der Waals surface area contributed by atoms with Gasteiger partial charge in [-0.25, -0.2) is 4.98 Å². The van der Waals surface area contributed by atoms with Crippen molar-refractivity contribution in [2.75, 3.05) is 0 Å². The first-order valence-electron chi connectivity index (χ1n) is 7.37. The van der Waals surface area contributed by atoms with Crippen molar-refractivity contribution >= 4 is 5.91 Å². The molecule has 4 nitrogen and oxygen atoms in total. The average molecular weight is 323 g/mol. The molecule has 1 aliphatic heterocycles. The number of imidazole rings is 1. The summed E-state index contributed by atoms with van der Waals surface area (Å²) in [6.07, 6.45) is -0.378. The lowest BCUT2D eigenvalue weighted by molar-refractivity contribution is -0.127. The van der Waals surface area contributed by atoms with Crippen LogP contribution in [0.3, 0.4) is 0 Å². The second-order valence-electron chi connectivity index (χ2n) is 5.70. The second-order valence-corrected chi connectivity index (χ2v) is 5.70. The number of carbonyl (C=O) groups excluding carboxylic acids is 1. The minimum atomic E-state index is -4.21. The zero-order chi connectivity index (χ0) is 16.4. The number of alkyl halides is 3. The number of amides is 1. The summed E-state index contributed by atoms with van der Waals surface area (Å²) >= 11 is 0. The Kier molecular flexibility index (Phi) is 4.11. The molecule has 1 saturated heterocycles. The number of nitrogens with one attached hydrogen (secondary N) is 1. The molecule has 0 saturated carbocycles. The van der Waals surface area contributed by atoms with E-state index < -0.39 is 12.6 Å². The van der Waals surface area contributed by atoms with E-state index in [-0.39, 0.29) is 17.5 Å². The largest absolute Gasteiger partial charge is 0.393 e. The average Bonchev–Trinajstić information content (AvgIpc) is 3.08. The molecule has 1 N–H and O–H groups in total. The lowest BCUT2D eigenvalue weighted by Gasteiger charge is -2.14. The molecule has 0 spiro atoms. The van der Waals surface area contributed by atoms with Gasteiger partial charge in [-0.3, -0.25) is 4.79 Å². The van der Waals surface area contributed by atoms with E-state index in [2.05, 4.69) is 10.3 Å². The third-order valence-corrected chi connectivity index (χ3v) is 3.83. The summed E-state index contributed by atoms with van der Waals surface area (Å²) in [7, 11) is 0. The third-order valence-electron chi connectivity index (χ3n) is 3.83. The van der Waals surface area contributed by atoms with Crippen LogP contribution in [0.5, 0.6) is 0 Å². The predicted molar refractivity (Wildman–Crippen MR) is 78.6 cm³/mol. The minimum absolute atomic E-state index is 0.0492. The van der Waals surface area contributed by atoms with Crippen molar-refractivity contribution in [2.45, 2.75) is 38.0 Å². The number of rotatable bonds is 4. The quantitative estimate of drug-likeness (QED) is 0.940. The van der Waals surface area contributed by atoms with Crippen LogP contribution in [0.25, 0.3) is 11.4 Å². The topological polar surface area (TPSA) is 46.9 Å².